The lowest BCUT2D eigenvalue weighted by molar-refractivity contribution is 0.668. The molecule has 0 fully saturated rings. The minimum Gasteiger partial charge on any atom is -0.456 e. The predicted octanol–water partition coefficient (Wildman–Crippen LogP) is 33.9. The van der Waals surface area contributed by atoms with Crippen LogP contribution in [0.15, 0.2) is 415 Å². The molecule has 0 N–H and O–H groups in total. The highest BCUT2D eigenvalue weighted by Crippen LogP contribution is 2.53. The molecule has 6 heterocycles. The SMILES string of the molecule is Cc1ccccc1N(c1ccc2cc3c(cc2c1)oc1cc2cc(N(c4cccc(-c5ccc(N(c6ccccc6)c6ccc7cc8c(cc7c6)oc6cc7cc(N(c9ccccc9)c9cccc%10c9oc9ccccc9%10)ccc7cc68)c6oc7ccccc7c56)c4C)c4cccc5c4oc4ccccc45)ccc2cc13)c1cccc2c1oc1ccccc12. The van der Waals surface area contributed by atoms with E-state index in [1.54, 1.807) is 0 Å². The Morgan fingerprint density at radius 1 is 0.169 bits per heavy atom. The molecule has 10 heteroatoms. The molecule has 0 radical (unpaired) electrons. The van der Waals surface area contributed by atoms with Gasteiger partial charge in [-0.2, -0.15) is 0 Å². The third kappa shape index (κ3) is 10.7. The zero-order chi connectivity index (χ0) is 81.5. The lowest BCUT2D eigenvalue weighted by Gasteiger charge is -2.29. The van der Waals surface area contributed by atoms with Gasteiger partial charge in [0.1, 0.15) is 44.7 Å². The maximum Gasteiger partial charge on any atom is 0.160 e. The molecule has 0 unspecified atom stereocenters. The Hall–Kier alpha value is -16.6. The van der Waals surface area contributed by atoms with Crippen molar-refractivity contribution in [1.29, 1.82) is 0 Å². The van der Waals surface area contributed by atoms with Crippen LogP contribution in [0.5, 0.6) is 0 Å². The number of para-hydroxylation sites is 10. The standard InChI is InChI=1S/C114H70N4O6/c1-67-23-9-14-36-96(67)117(99-39-21-34-89-85-29-11-16-42-103(85)122-112(89)99)81-51-47-71-61-94-95-62-72-48-52-82(58-76(72)66-109(95)120-108(94)65-75(71)57-81)118(100-40-22-35-90-86-30-12-17-43-104(86)123-113(90)100)97-37-19-32-83(68(97)2)87-53-54-101(114-110(87)91-31-13-18-44-105(91)124-114)116(78-26-7-4-8-27-78)80-50-46-70-60-93-92-59-69-45-49-79(55-73(69)63-106(92)119-107(93)64-74(70)56-80)115(77-24-5-3-6-25-77)98-38-20-33-88-84-28-10-15-41-102(84)121-111(88)98/h3-66H,1-2H3. The third-order valence-electron chi connectivity index (χ3n) is 25.6. The summed E-state index contributed by atoms with van der Waals surface area (Å²) < 4.78 is 41.7. The van der Waals surface area contributed by atoms with E-state index in [2.05, 4.69) is 391 Å². The highest BCUT2D eigenvalue weighted by molar-refractivity contribution is 6.21. The van der Waals surface area contributed by atoms with Crippen LogP contribution in [0.25, 0.3) is 186 Å². The molecule has 124 heavy (non-hydrogen) atoms. The second kappa shape index (κ2) is 27.0. The van der Waals surface area contributed by atoms with Crippen molar-refractivity contribution in [2.24, 2.45) is 0 Å². The van der Waals surface area contributed by atoms with Gasteiger partial charge in [0.2, 0.25) is 0 Å². The van der Waals surface area contributed by atoms with Crippen LogP contribution in [0, 0.1) is 13.8 Å². The predicted molar refractivity (Wildman–Crippen MR) is 514 cm³/mol. The largest absolute Gasteiger partial charge is 0.456 e. The summed E-state index contributed by atoms with van der Waals surface area (Å²) in [5, 5.41) is 21.3. The van der Waals surface area contributed by atoms with E-state index in [1.165, 1.54) is 0 Å². The number of hydrogen-bond donors (Lipinski definition) is 0. The van der Waals surface area contributed by atoms with Gasteiger partial charge >= 0.3 is 0 Å². The zero-order valence-corrected chi connectivity index (χ0v) is 67.2. The fourth-order valence-electron chi connectivity index (χ4n) is 19.8. The molecule has 0 aliphatic heterocycles. The average molecular weight is 1590 g/mol. The van der Waals surface area contributed by atoms with Crippen LogP contribution in [0.3, 0.4) is 0 Å². The van der Waals surface area contributed by atoms with Gasteiger partial charge in [-0.3, -0.25) is 0 Å². The molecule has 26 aromatic rings. The van der Waals surface area contributed by atoms with Crippen molar-refractivity contribution in [3.8, 4) is 11.1 Å². The molecule has 0 atom stereocenters. The van der Waals surface area contributed by atoms with E-state index in [9.17, 15) is 0 Å². The van der Waals surface area contributed by atoms with Crippen LogP contribution >= 0.6 is 0 Å². The Bertz CT molecular complexity index is 8970. The molecule has 20 aromatic carbocycles. The van der Waals surface area contributed by atoms with Crippen molar-refractivity contribution in [3.05, 3.63) is 399 Å². The van der Waals surface area contributed by atoms with Crippen molar-refractivity contribution in [3.63, 3.8) is 0 Å². The van der Waals surface area contributed by atoms with Crippen molar-refractivity contribution < 1.29 is 26.5 Å². The summed E-state index contributed by atoms with van der Waals surface area (Å²) >= 11 is 0. The van der Waals surface area contributed by atoms with Gasteiger partial charge in [0, 0.05) is 110 Å². The number of fused-ring (bicyclic) bond motifs is 22. The van der Waals surface area contributed by atoms with Gasteiger partial charge < -0.3 is 46.1 Å². The van der Waals surface area contributed by atoms with Gasteiger partial charge in [-0.1, -0.05) is 206 Å². The Kier molecular flexibility index (Phi) is 15.1. The van der Waals surface area contributed by atoms with Crippen molar-refractivity contribution in [2.75, 3.05) is 19.6 Å². The molecule has 0 saturated carbocycles. The van der Waals surface area contributed by atoms with E-state index in [0.717, 1.165) is 265 Å². The lowest BCUT2D eigenvalue weighted by Crippen LogP contribution is -2.12. The summed E-state index contributed by atoms with van der Waals surface area (Å²) in [6.45, 7) is 4.42. The van der Waals surface area contributed by atoms with Gasteiger partial charge in [-0.05, 0) is 261 Å². The van der Waals surface area contributed by atoms with Crippen molar-refractivity contribution in [1.82, 2.24) is 0 Å². The first-order chi connectivity index (χ1) is 61.2. The maximum absolute atomic E-state index is 7.29. The number of nitrogens with zero attached hydrogens (tertiary/aromatic N) is 4. The van der Waals surface area contributed by atoms with Crippen LogP contribution in [-0.2, 0) is 0 Å². The third-order valence-corrected chi connectivity index (χ3v) is 25.6. The molecular formula is C114H70N4O6. The van der Waals surface area contributed by atoms with Crippen LogP contribution in [0.1, 0.15) is 11.1 Å². The molecule has 0 aliphatic rings. The zero-order valence-electron chi connectivity index (χ0n) is 67.2. The fourth-order valence-corrected chi connectivity index (χ4v) is 19.8. The number of hydrogen-bond acceptors (Lipinski definition) is 10. The Labute approximate surface area is 708 Å². The molecule has 0 bridgehead atoms. The molecule has 6 aromatic heterocycles. The summed E-state index contributed by atoms with van der Waals surface area (Å²) in [5.41, 5.74) is 25.9. The van der Waals surface area contributed by atoms with Crippen molar-refractivity contribution in [2.45, 2.75) is 13.8 Å². The number of benzene rings is 20. The number of rotatable bonds is 13. The van der Waals surface area contributed by atoms with Crippen LogP contribution in [-0.4, -0.2) is 0 Å². The smallest absolute Gasteiger partial charge is 0.160 e. The van der Waals surface area contributed by atoms with E-state index in [0.29, 0.717) is 0 Å². The van der Waals surface area contributed by atoms with E-state index in [1.807, 2.05) is 30.3 Å². The van der Waals surface area contributed by atoms with E-state index in [-0.39, 0.29) is 0 Å². The monoisotopic (exact) mass is 1590 g/mol. The maximum atomic E-state index is 7.29. The van der Waals surface area contributed by atoms with E-state index >= 15 is 0 Å². The molecule has 0 spiro atoms. The Morgan fingerprint density at radius 2 is 0.492 bits per heavy atom. The van der Waals surface area contributed by atoms with Gasteiger partial charge in [-0.25, -0.2) is 0 Å². The van der Waals surface area contributed by atoms with E-state index < -0.39 is 0 Å². The Balaban J connectivity index is 0.580. The molecular weight excluding hydrogens is 1520 g/mol. The molecule has 0 aliphatic carbocycles. The minimum atomic E-state index is 0.764. The van der Waals surface area contributed by atoms with Crippen LogP contribution < -0.4 is 19.6 Å². The van der Waals surface area contributed by atoms with Crippen molar-refractivity contribution >= 4 is 243 Å². The topological polar surface area (TPSA) is 91.8 Å². The number of anilines is 12. The van der Waals surface area contributed by atoms with Crippen LogP contribution in [0.2, 0.25) is 0 Å². The molecule has 26 rings (SSSR count). The minimum absolute atomic E-state index is 0.764. The molecule has 582 valence electrons. The van der Waals surface area contributed by atoms with Gasteiger partial charge in [-0.15, -0.1) is 0 Å². The summed E-state index contributed by atoms with van der Waals surface area (Å²) in [6.07, 6.45) is 0. The normalized spacial score (nSPS) is 12.1. The molecule has 0 saturated heterocycles. The first kappa shape index (κ1) is 69.4. The van der Waals surface area contributed by atoms with E-state index in [4.69, 9.17) is 26.5 Å². The fraction of sp³-hybridized carbons (Fsp3) is 0.0175. The lowest BCUT2D eigenvalue weighted by atomic mass is 9.93. The number of furan rings is 6. The highest BCUT2D eigenvalue weighted by Gasteiger charge is 2.30. The summed E-state index contributed by atoms with van der Waals surface area (Å²) in [6, 6.07) is 138. The van der Waals surface area contributed by atoms with Crippen LogP contribution in [0.4, 0.5) is 68.2 Å². The first-order valence-electron chi connectivity index (χ1n) is 42.0. The molecule has 0 amide bonds. The summed E-state index contributed by atoms with van der Waals surface area (Å²) in [5.74, 6) is 0. The van der Waals surface area contributed by atoms with Gasteiger partial charge in [0.05, 0.1) is 22.7 Å². The second-order valence-electron chi connectivity index (χ2n) is 32.7. The van der Waals surface area contributed by atoms with Gasteiger partial charge in [0.25, 0.3) is 0 Å². The Morgan fingerprint density at radius 3 is 0.927 bits per heavy atom. The summed E-state index contributed by atoms with van der Waals surface area (Å²) in [7, 11) is 0. The number of aryl methyl sites for hydroxylation is 1. The first-order valence-corrected chi connectivity index (χ1v) is 42.0. The molecule has 10 nitrogen and oxygen atoms in total. The summed E-state index contributed by atoms with van der Waals surface area (Å²) in [4.78, 5) is 9.33. The second-order valence-corrected chi connectivity index (χ2v) is 32.7. The van der Waals surface area contributed by atoms with Gasteiger partial charge in [0.15, 0.2) is 22.3 Å². The highest BCUT2D eigenvalue weighted by atomic mass is 16.4. The quantitative estimate of drug-likeness (QED) is 0.111. The average Bonchev–Trinajstić information content (AvgIpc) is 1.54.